The molecule has 1 N–H and O–H groups in total. The fraction of sp³-hybridized carbons (Fsp3) is 0.136. The standard InChI is InChI=1S/C22H20O4/c1-25-19-14-13-18(15-20(19)26-2)22(21(23)24,16-9-5-3-6-10-16)17-11-7-4-8-12-17/h3-15H,1-2H3,(H,23,24). The lowest BCUT2D eigenvalue weighted by Gasteiger charge is -2.31. The third-order valence-electron chi connectivity index (χ3n) is 4.55. The van der Waals surface area contributed by atoms with Crippen molar-refractivity contribution in [3.8, 4) is 11.5 Å². The number of hydrogen-bond acceptors (Lipinski definition) is 3. The molecule has 0 atom stereocenters. The van der Waals surface area contributed by atoms with E-state index in [1.807, 2.05) is 60.7 Å². The minimum atomic E-state index is -1.36. The van der Waals surface area contributed by atoms with Crippen molar-refractivity contribution >= 4 is 5.97 Å². The molecule has 0 amide bonds. The predicted molar refractivity (Wildman–Crippen MR) is 99.9 cm³/mol. The first-order valence-electron chi connectivity index (χ1n) is 8.21. The van der Waals surface area contributed by atoms with E-state index in [9.17, 15) is 9.90 Å². The Hall–Kier alpha value is -3.27. The van der Waals surface area contributed by atoms with Gasteiger partial charge in [-0.05, 0) is 28.8 Å². The van der Waals surface area contributed by atoms with Crippen LogP contribution >= 0.6 is 0 Å². The first-order valence-corrected chi connectivity index (χ1v) is 8.21. The van der Waals surface area contributed by atoms with Gasteiger partial charge in [0.05, 0.1) is 14.2 Å². The molecule has 0 saturated carbocycles. The molecule has 26 heavy (non-hydrogen) atoms. The number of ether oxygens (including phenoxy) is 2. The molecule has 0 spiro atoms. The monoisotopic (exact) mass is 348 g/mol. The Bertz CT molecular complexity index is 849. The molecule has 0 aliphatic carbocycles. The number of rotatable bonds is 6. The lowest BCUT2D eigenvalue weighted by Crippen LogP contribution is -2.38. The summed E-state index contributed by atoms with van der Waals surface area (Å²) in [7, 11) is 3.09. The van der Waals surface area contributed by atoms with Gasteiger partial charge in [-0.25, -0.2) is 0 Å². The zero-order valence-corrected chi connectivity index (χ0v) is 14.7. The molecule has 0 aliphatic rings. The zero-order valence-electron chi connectivity index (χ0n) is 14.7. The molecule has 132 valence electrons. The summed E-state index contributed by atoms with van der Waals surface area (Å²) in [6.07, 6.45) is 0. The quantitative estimate of drug-likeness (QED) is 0.681. The first kappa shape index (κ1) is 17.5. The van der Waals surface area contributed by atoms with Crippen molar-refractivity contribution in [1.82, 2.24) is 0 Å². The summed E-state index contributed by atoms with van der Waals surface area (Å²) in [5.74, 6) is 0.0845. The second-order valence-electron chi connectivity index (χ2n) is 5.86. The highest BCUT2D eigenvalue weighted by molar-refractivity contribution is 5.91. The van der Waals surface area contributed by atoms with Crippen molar-refractivity contribution in [2.75, 3.05) is 14.2 Å². The van der Waals surface area contributed by atoms with Crippen LogP contribution in [-0.4, -0.2) is 25.3 Å². The van der Waals surface area contributed by atoms with E-state index in [-0.39, 0.29) is 0 Å². The fourth-order valence-electron chi connectivity index (χ4n) is 3.32. The van der Waals surface area contributed by atoms with Gasteiger partial charge in [0.2, 0.25) is 0 Å². The van der Waals surface area contributed by atoms with Crippen molar-refractivity contribution in [3.63, 3.8) is 0 Å². The molecule has 0 heterocycles. The van der Waals surface area contributed by atoms with E-state index in [1.165, 1.54) is 7.11 Å². The molecule has 3 aromatic rings. The van der Waals surface area contributed by atoms with E-state index in [2.05, 4.69) is 0 Å². The van der Waals surface area contributed by atoms with E-state index >= 15 is 0 Å². The summed E-state index contributed by atoms with van der Waals surface area (Å²) >= 11 is 0. The molecular weight excluding hydrogens is 328 g/mol. The SMILES string of the molecule is COc1ccc(C(C(=O)O)(c2ccccc2)c2ccccc2)cc1OC. The van der Waals surface area contributed by atoms with Crippen molar-refractivity contribution in [1.29, 1.82) is 0 Å². The number of hydrogen-bond donors (Lipinski definition) is 1. The van der Waals surface area contributed by atoms with Gasteiger partial charge < -0.3 is 14.6 Å². The Morgan fingerprint density at radius 2 is 1.23 bits per heavy atom. The topological polar surface area (TPSA) is 55.8 Å². The van der Waals surface area contributed by atoms with E-state index in [0.29, 0.717) is 28.2 Å². The van der Waals surface area contributed by atoms with Crippen molar-refractivity contribution in [3.05, 3.63) is 95.6 Å². The Labute approximate surface area is 152 Å². The molecule has 0 aliphatic heterocycles. The van der Waals surface area contributed by atoms with Crippen LogP contribution in [-0.2, 0) is 10.2 Å². The lowest BCUT2D eigenvalue weighted by molar-refractivity contribution is -0.140. The van der Waals surface area contributed by atoms with Crippen LogP contribution in [0.15, 0.2) is 78.9 Å². The largest absolute Gasteiger partial charge is 0.493 e. The molecule has 3 aromatic carbocycles. The van der Waals surface area contributed by atoms with E-state index in [1.54, 1.807) is 25.3 Å². The summed E-state index contributed by atoms with van der Waals surface area (Å²) in [5, 5.41) is 10.4. The van der Waals surface area contributed by atoms with E-state index < -0.39 is 11.4 Å². The molecule has 4 heteroatoms. The fourth-order valence-corrected chi connectivity index (χ4v) is 3.32. The Balaban J connectivity index is 2.36. The first-order chi connectivity index (χ1) is 12.6. The summed E-state index contributed by atoms with van der Waals surface area (Å²) in [6, 6.07) is 23.7. The normalized spacial score (nSPS) is 11.0. The van der Waals surface area contributed by atoms with Gasteiger partial charge in [-0.3, -0.25) is 4.79 Å². The van der Waals surface area contributed by atoms with Crippen molar-refractivity contribution < 1.29 is 19.4 Å². The average Bonchev–Trinajstić information content (AvgIpc) is 2.70. The van der Waals surface area contributed by atoms with Gasteiger partial charge in [-0.15, -0.1) is 0 Å². The molecule has 0 fully saturated rings. The van der Waals surface area contributed by atoms with E-state index in [0.717, 1.165) is 0 Å². The van der Waals surface area contributed by atoms with Gasteiger partial charge >= 0.3 is 5.97 Å². The number of methoxy groups -OCH3 is 2. The minimum absolute atomic E-state index is 0.488. The minimum Gasteiger partial charge on any atom is -0.493 e. The highest BCUT2D eigenvalue weighted by Gasteiger charge is 2.44. The number of aliphatic carboxylic acids is 1. The lowest BCUT2D eigenvalue weighted by atomic mass is 9.69. The van der Waals surface area contributed by atoms with Gasteiger partial charge in [-0.2, -0.15) is 0 Å². The smallest absolute Gasteiger partial charge is 0.323 e. The third kappa shape index (κ3) is 2.80. The molecule has 0 radical (unpaired) electrons. The van der Waals surface area contributed by atoms with Gasteiger partial charge in [-0.1, -0.05) is 66.7 Å². The number of benzene rings is 3. The number of carboxylic acids is 1. The Morgan fingerprint density at radius 1 is 0.731 bits per heavy atom. The molecule has 0 saturated heterocycles. The summed E-state index contributed by atoms with van der Waals surface area (Å²) in [5.41, 5.74) is 0.583. The van der Waals surface area contributed by atoms with E-state index in [4.69, 9.17) is 9.47 Å². The van der Waals surface area contributed by atoms with Crippen LogP contribution in [0.25, 0.3) is 0 Å². The maximum atomic E-state index is 12.7. The summed E-state index contributed by atoms with van der Waals surface area (Å²) in [4.78, 5) is 12.7. The summed E-state index contributed by atoms with van der Waals surface area (Å²) < 4.78 is 10.7. The second-order valence-corrected chi connectivity index (χ2v) is 5.86. The maximum Gasteiger partial charge on any atom is 0.323 e. The predicted octanol–water partition coefficient (Wildman–Crippen LogP) is 4.12. The molecular formula is C22H20O4. The number of carbonyl (C=O) groups is 1. The van der Waals surface area contributed by atoms with Gasteiger partial charge in [0.1, 0.15) is 5.41 Å². The molecule has 0 bridgehead atoms. The van der Waals surface area contributed by atoms with Crippen LogP contribution in [0.1, 0.15) is 16.7 Å². The van der Waals surface area contributed by atoms with Crippen LogP contribution in [0.4, 0.5) is 0 Å². The van der Waals surface area contributed by atoms with Gasteiger partial charge in [0, 0.05) is 0 Å². The van der Waals surface area contributed by atoms with Crippen LogP contribution in [0.2, 0.25) is 0 Å². The number of carboxylic acid groups (broad SMARTS) is 1. The zero-order chi connectivity index (χ0) is 18.6. The van der Waals surface area contributed by atoms with Crippen LogP contribution in [0, 0.1) is 0 Å². The van der Waals surface area contributed by atoms with Crippen molar-refractivity contribution in [2.45, 2.75) is 5.41 Å². The molecule has 0 aromatic heterocycles. The van der Waals surface area contributed by atoms with Gasteiger partial charge in [0.15, 0.2) is 11.5 Å². The molecule has 4 nitrogen and oxygen atoms in total. The molecule has 0 unspecified atom stereocenters. The maximum absolute atomic E-state index is 12.7. The van der Waals surface area contributed by atoms with Gasteiger partial charge in [0.25, 0.3) is 0 Å². The Kier molecular flexibility index (Phi) is 4.94. The van der Waals surface area contributed by atoms with Crippen molar-refractivity contribution in [2.24, 2.45) is 0 Å². The third-order valence-corrected chi connectivity index (χ3v) is 4.55. The second kappa shape index (κ2) is 7.31. The highest BCUT2D eigenvalue weighted by atomic mass is 16.5. The average molecular weight is 348 g/mol. The van der Waals surface area contributed by atoms with Crippen LogP contribution < -0.4 is 9.47 Å². The van der Waals surface area contributed by atoms with Crippen LogP contribution in [0.5, 0.6) is 11.5 Å². The summed E-state index contributed by atoms with van der Waals surface area (Å²) in [6.45, 7) is 0. The Morgan fingerprint density at radius 3 is 1.65 bits per heavy atom. The highest BCUT2D eigenvalue weighted by Crippen LogP contribution is 2.42. The molecule has 3 rings (SSSR count). The van der Waals surface area contributed by atoms with Crippen LogP contribution in [0.3, 0.4) is 0 Å².